The van der Waals surface area contributed by atoms with Crippen molar-refractivity contribution < 1.29 is 18.3 Å². The van der Waals surface area contributed by atoms with Crippen molar-refractivity contribution in [3.8, 4) is 6.07 Å². The average Bonchev–Trinajstić information content (AvgIpc) is 2.27. The number of thiol groups is 1. The first-order chi connectivity index (χ1) is 7.51. The molecule has 0 aliphatic carbocycles. The molecular weight excluding hydrogens is 236 g/mol. The summed E-state index contributed by atoms with van der Waals surface area (Å²) in [5, 5.41) is 8.69. The molecule has 0 unspecified atom stereocenters. The molecule has 0 spiro atoms. The van der Waals surface area contributed by atoms with Gasteiger partial charge in [0.1, 0.15) is 6.07 Å². The fraction of sp³-hybridized carbons (Fsp3) is 0.200. The van der Waals surface area contributed by atoms with Crippen LogP contribution in [0.4, 0.5) is 8.78 Å². The molecule has 0 aliphatic rings. The second-order valence-corrected chi connectivity index (χ2v) is 3.34. The van der Waals surface area contributed by atoms with E-state index in [0.29, 0.717) is 0 Å². The van der Waals surface area contributed by atoms with Crippen LogP contribution in [0.3, 0.4) is 0 Å². The third-order valence-corrected chi connectivity index (χ3v) is 2.30. The molecule has 0 radical (unpaired) electrons. The van der Waals surface area contributed by atoms with Crippen LogP contribution in [-0.2, 0) is 4.74 Å². The van der Waals surface area contributed by atoms with E-state index in [2.05, 4.69) is 17.4 Å². The van der Waals surface area contributed by atoms with Gasteiger partial charge < -0.3 is 4.74 Å². The first-order valence-corrected chi connectivity index (χ1v) is 4.59. The number of rotatable bonds is 2. The minimum atomic E-state index is -2.83. The summed E-state index contributed by atoms with van der Waals surface area (Å²) in [5.74, 6) is -0.903. The highest BCUT2D eigenvalue weighted by molar-refractivity contribution is 7.80. The number of halogens is 2. The Hall–Kier alpha value is -1.61. The first kappa shape index (κ1) is 12.5. The van der Waals surface area contributed by atoms with E-state index in [4.69, 9.17) is 5.26 Å². The maximum Gasteiger partial charge on any atom is 0.338 e. The summed E-state index contributed by atoms with van der Waals surface area (Å²) >= 11 is 3.88. The lowest BCUT2D eigenvalue weighted by Crippen LogP contribution is -2.07. The van der Waals surface area contributed by atoms with Crippen molar-refractivity contribution in [2.24, 2.45) is 0 Å². The molecule has 0 atom stereocenters. The highest BCUT2D eigenvalue weighted by Crippen LogP contribution is 2.28. The van der Waals surface area contributed by atoms with Crippen molar-refractivity contribution in [3.63, 3.8) is 0 Å². The third-order valence-electron chi connectivity index (χ3n) is 1.93. The average molecular weight is 243 g/mol. The minimum Gasteiger partial charge on any atom is -0.465 e. The van der Waals surface area contributed by atoms with Crippen LogP contribution in [0.5, 0.6) is 0 Å². The highest BCUT2D eigenvalue weighted by atomic mass is 32.1. The van der Waals surface area contributed by atoms with Crippen molar-refractivity contribution in [1.82, 2.24) is 0 Å². The van der Waals surface area contributed by atoms with Crippen LogP contribution in [0.25, 0.3) is 0 Å². The molecule has 0 heterocycles. The highest BCUT2D eigenvalue weighted by Gasteiger charge is 2.21. The Bertz CT molecular complexity index is 469. The van der Waals surface area contributed by atoms with Gasteiger partial charge in [0.05, 0.1) is 18.2 Å². The molecule has 0 aliphatic heterocycles. The van der Waals surface area contributed by atoms with Gasteiger partial charge in [0.25, 0.3) is 6.43 Å². The number of hydrogen-bond acceptors (Lipinski definition) is 4. The number of nitriles is 1. The number of carbonyl (C=O) groups is 1. The normalized spacial score (nSPS) is 10.0. The smallest absolute Gasteiger partial charge is 0.338 e. The minimum absolute atomic E-state index is 0.0492. The van der Waals surface area contributed by atoms with Gasteiger partial charge in [-0.1, -0.05) is 0 Å². The summed E-state index contributed by atoms with van der Waals surface area (Å²) in [7, 11) is 1.08. The molecule has 16 heavy (non-hydrogen) atoms. The van der Waals surface area contributed by atoms with Crippen molar-refractivity contribution in [1.29, 1.82) is 5.26 Å². The van der Waals surface area contributed by atoms with Gasteiger partial charge in [-0.05, 0) is 12.1 Å². The molecule has 1 rings (SSSR count). The summed E-state index contributed by atoms with van der Waals surface area (Å²) in [4.78, 5) is 11.3. The summed E-state index contributed by atoms with van der Waals surface area (Å²) in [6.45, 7) is 0. The van der Waals surface area contributed by atoms with Crippen LogP contribution in [-0.4, -0.2) is 13.1 Å². The molecule has 0 aromatic heterocycles. The largest absolute Gasteiger partial charge is 0.465 e. The van der Waals surface area contributed by atoms with Gasteiger partial charge in [-0.15, -0.1) is 12.6 Å². The predicted molar refractivity (Wildman–Crippen MR) is 54.7 cm³/mol. The lowest BCUT2D eigenvalue weighted by Gasteiger charge is -2.08. The predicted octanol–water partition coefficient (Wildman–Crippen LogP) is 2.57. The molecule has 0 N–H and O–H groups in total. The third kappa shape index (κ3) is 2.31. The zero-order valence-corrected chi connectivity index (χ0v) is 9.09. The number of methoxy groups -OCH3 is 1. The van der Waals surface area contributed by atoms with E-state index in [-0.39, 0.29) is 16.0 Å². The Balaban J connectivity index is 3.44. The molecule has 0 fully saturated rings. The van der Waals surface area contributed by atoms with Crippen LogP contribution < -0.4 is 0 Å². The van der Waals surface area contributed by atoms with Gasteiger partial charge >= 0.3 is 5.97 Å². The van der Waals surface area contributed by atoms with E-state index in [1.165, 1.54) is 0 Å². The standard InChI is InChI=1S/C10H7F2NO2S/c1-15-10(14)7-2-5(4-13)8(16)3-6(7)9(11)12/h2-3,9,16H,1H3. The zero-order valence-electron chi connectivity index (χ0n) is 8.20. The van der Waals surface area contributed by atoms with Crippen molar-refractivity contribution in [2.75, 3.05) is 7.11 Å². The van der Waals surface area contributed by atoms with Gasteiger partial charge in [-0.25, -0.2) is 13.6 Å². The second-order valence-electron chi connectivity index (χ2n) is 2.86. The number of hydrogen-bond donors (Lipinski definition) is 1. The number of alkyl halides is 2. The fourth-order valence-electron chi connectivity index (χ4n) is 1.16. The van der Waals surface area contributed by atoms with Gasteiger partial charge in [-0.3, -0.25) is 0 Å². The topological polar surface area (TPSA) is 50.1 Å². The zero-order chi connectivity index (χ0) is 12.3. The van der Waals surface area contributed by atoms with Crippen LogP contribution in [0.15, 0.2) is 17.0 Å². The second kappa shape index (κ2) is 4.94. The fourth-order valence-corrected chi connectivity index (χ4v) is 1.41. The van der Waals surface area contributed by atoms with Gasteiger partial charge in [0, 0.05) is 10.5 Å². The molecule has 0 saturated carbocycles. The summed E-state index contributed by atoms with van der Waals surface area (Å²) in [5.41, 5.74) is -0.754. The van der Waals surface area contributed by atoms with E-state index in [1.807, 2.05) is 0 Å². The maximum atomic E-state index is 12.6. The molecule has 6 heteroatoms. The number of benzene rings is 1. The lowest BCUT2D eigenvalue weighted by atomic mass is 10.0. The number of carbonyl (C=O) groups excluding carboxylic acids is 1. The molecule has 1 aromatic carbocycles. The van der Waals surface area contributed by atoms with Crippen molar-refractivity contribution >= 4 is 18.6 Å². The van der Waals surface area contributed by atoms with E-state index in [1.54, 1.807) is 6.07 Å². The summed E-state index contributed by atoms with van der Waals surface area (Å²) < 4.78 is 29.6. The van der Waals surface area contributed by atoms with Gasteiger partial charge in [0.2, 0.25) is 0 Å². The molecule has 1 aromatic rings. The van der Waals surface area contributed by atoms with E-state index in [9.17, 15) is 13.6 Å². The molecule has 0 amide bonds. The summed E-state index contributed by atoms with van der Waals surface area (Å²) in [6, 6.07) is 3.80. The Kier molecular flexibility index (Phi) is 3.85. The number of nitrogens with zero attached hydrogens (tertiary/aromatic N) is 1. The van der Waals surface area contributed by atoms with E-state index in [0.717, 1.165) is 19.2 Å². The Morgan fingerprint density at radius 3 is 2.62 bits per heavy atom. The molecule has 0 bridgehead atoms. The first-order valence-electron chi connectivity index (χ1n) is 4.14. The van der Waals surface area contributed by atoms with Crippen LogP contribution in [0.1, 0.15) is 27.9 Å². The monoisotopic (exact) mass is 243 g/mol. The van der Waals surface area contributed by atoms with Crippen LogP contribution >= 0.6 is 12.6 Å². The van der Waals surface area contributed by atoms with E-state index < -0.39 is 18.0 Å². The maximum absolute atomic E-state index is 12.6. The van der Waals surface area contributed by atoms with Crippen LogP contribution in [0.2, 0.25) is 0 Å². The molecule has 3 nitrogen and oxygen atoms in total. The number of esters is 1. The Morgan fingerprint density at radius 2 is 2.19 bits per heavy atom. The number of ether oxygens (including phenoxy) is 1. The van der Waals surface area contributed by atoms with Crippen molar-refractivity contribution in [2.45, 2.75) is 11.3 Å². The van der Waals surface area contributed by atoms with Crippen molar-refractivity contribution in [3.05, 3.63) is 28.8 Å². The van der Waals surface area contributed by atoms with Gasteiger partial charge in [-0.2, -0.15) is 5.26 Å². The molecule has 84 valence electrons. The quantitative estimate of drug-likeness (QED) is 0.641. The van der Waals surface area contributed by atoms with Crippen LogP contribution in [0, 0.1) is 11.3 Å². The Labute approximate surface area is 96.0 Å². The van der Waals surface area contributed by atoms with E-state index >= 15 is 0 Å². The molecular formula is C10H7F2NO2S. The SMILES string of the molecule is COC(=O)c1cc(C#N)c(S)cc1C(F)F. The summed E-state index contributed by atoms with van der Waals surface area (Å²) in [6.07, 6.45) is -2.83. The molecule has 0 saturated heterocycles. The lowest BCUT2D eigenvalue weighted by molar-refractivity contribution is 0.0589. The van der Waals surface area contributed by atoms with Gasteiger partial charge in [0.15, 0.2) is 0 Å². The Morgan fingerprint density at radius 1 is 1.56 bits per heavy atom.